The summed E-state index contributed by atoms with van der Waals surface area (Å²) in [5.74, 6) is 0. The van der Waals surface area contributed by atoms with Crippen LogP contribution in [0.25, 0.3) is 0 Å². The van der Waals surface area contributed by atoms with Gasteiger partial charge in [-0.2, -0.15) is 5.10 Å². The molecule has 1 aromatic carbocycles. The van der Waals surface area contributed by atoms with E-state index in [0.29, 0.717) is 18.6 Å². The number of rotatable bonds is 4. The highest BCUT2D eigenvalue weighted by Gasteiger charge is 2.31. The van der Waals surface area contributed by atoms with Crippen LogP contribution in [0.4, 0.5) is 5.69 Å². The lowest BCUT2D eigenvalue weighted by Gasteiger charge is -2.39. The molecule has 0 N–H and O–H groups in total. The zero-order valence-corrected chi connectivity index (χ0v) is 16.6. The summed E-state index contributed by atoms with van der Waals surface area (Å²) < 4.78 is 1.44. The van der Waals surface area contributed by atoms with Crippen molar-refractivity contribution in [3.05, 3.63) is 57.5 Å². The molecule has 1 unspecified atom stereocenters. The molecule has 4 rings (SSSR count). The summed E-state index contributed by atoms with van der Waals surface area (Å²) in [6.07, 6.45) is 6.62. The molecule has 0 spiro atoms. The topological polar surface area (TPSA) is 41.4 Å². The number of likely N-dealkylation sites (tertiary alicyclic amines) is 1. The third kappa shape index (κ3) is 3.90. The van der Waals surface area contributed by atoms with Gasteiger partial charge >= 0.3 is 0 Å². The van der Waals surface area contributed by atoms with Crippen molar-refractivity contribution in [3.63, 3.8) is 0 Å². The van der Waals surface area contributed by atoms with E-state index in [0.717, 1.165) is 37.2 Å². The van der Waals surface area contributed by atoms with Crippen molar-refractivity contribution in [2.75, 3.05) is 24.5 Å². The van der Waals surface area contributed by atoms with Crippen LogP contribution >= 0.6 is 11.6 Å². The fourth-order valence-electron chi connectivity index (χ4n) is 4.48. The first kappa shape index (κ1) is 18.5. The molecule has 0 amide bonds. The van der Waals surface area contributed by atoms with Crippen molar-refractivity contribution in [2.24, 2.45) is 0 Å². The molecule has 27 heavy (non-hydrogen) atoms. The van der Waals surface area contributed by atoms with E-state index in [9.17, 15) is 4.79 Å². The Hall–Kier alpha value is -1.85. The van der Waals surface area contributed by atoms with Crippen molar-refractivity contribution in [2.45, 2.75) is 51.2 Å². The van der Waals surface area contributed by atoms with Gasteiger partial charge in [-0.1, -0.05) is 41.9 Å². The summed E-state index contributed by atoms with van der Waals surface area (Å²) in [7, 11) is 0. The summed E-state index contributed by atoms with van der Waals surface area (Å²) >= 11 is 6.46. The van der Waals surface area contributed by atoms with Gasteiger partial charge in [-0.15, -0.1) is 0 Å². The molecule has 5 nitrogen and oxygen atoms in total. The lowest BCUT2D eigenvalue weighted by molar-refractivity contribution is 0.163. The summed E-state index contributed by atoms with van der Waals surface area (Å²) in [6, 6.07) is 11.2. The molecule has 2 aromatic rings. The Morgan fingerprint density at radius 1 is 1.11 bits per heavy atom. The molecule has 0 radical (unpaired) electrons. The summed E-state index contributed by atoms with van der Waals surface area (Å²) in [5, 5.41) is 4.67. The second-order valence-electron chi connectivity index (χ2n) is 7.74. The quantitative estimate of drug-likeness (QED) is 0.807. The maximum absolute atomic E-state index is 12.7. The second kappa shape index (κ2) is 8.03. The van der Waals surface area contributed by atoms with Gasteiger partial charge in [0.2, 0.25) is 0 Å². The first-order chi connectivity index (χ1) is 13.1. The van der Waals surface area contributed by atoms with Gasteiger partial charge in [0.25, 0.3) is 5.56 Å². The van der Waals surface area contributed by atoms with Crippen LogP contribution in [0.3, 0.4) is 0 Å². The number of hydrogen-bond acceptors (Lipinski definition) is 4. The van der Waals surface area contributed by atoms with Crippen molar-refractivity contribution >= 4 is 17.3 Å². The Kier molecular flexibility index (Phi) is 5.50. The predicted molar refractivity (Wildman–Crippen MR) is 110 cm³/mol. The van der Waals surface area contributed by atoms with Gasteiger partial charge in [0.05, 0.1) is 18.4 Å². The van der Waals surface area contributed by atoms with Crippen LogP contribution in [0.1, 0.15) is 38.2 Å². The molecular formula is C21H27ClN4O. The monoisotopic (exact) mass is 386 g/mol. The summed E-state index contributed by atoms with van der Waals surface area (Å²) in [4.78, 5) is 17.6. The van der Waals surface area contributed by atoms with Crippen LogP contribution < -0.4 is 10.5 Å². The van der Waals surface area contributed by atoms with E-state index < -0.39 is 0 Å². The van der Waals surface area contributed by atoms with Gasteiger partial charge in [-0.05, 0) is 44.7 Å². The fourth-order valence-corrected chi connectivity index (χ4v) is 4.75. The minimum atomic E-state index is -0.215. The molecule has 2 aliphatic heterocycles. The number of benzene rings is 1. The molecule has 2 fully saturated rings. The number of anilines is 1. The zero-order valence-electron chi connectivity index (χ0n) is 15.9. The minimum Gasteiger partial charge on any atom is -0.369 e. The normalized spacial score (nSPS) is 21.7. The Morgan fingerprint density at radius 2 is 1.85 bits per heavy atom. The van der Waals surface area contributed by atoms with Crippen LogP contribution in [0.5, 0.6) is 0 Å². The molecule has 2 aliphatic rings. The second-order valence-corrected chi connectivity index (χ2v) is 8.12. The summed E-state index contributed by atoms with van der Waals surface area (Å²) in [6.45, 7) is 5.86. The average Bonchev–Trinajstić information content (AvgIpc) is 3.13. The number of piperidine rings is 1. The molecule has 3 heterocycles. The average molecular weight is 387 g/mol. The smallest absolute Gasteiger partial charge is 0.287 e. The molecule has 144 valence electrons. The summed E-state index contributed by atoms with van der Waals surface area (Å²) in [5.41, 5.74) is 1.60. The lowest BCUT2D eigenvalue weighted by Crippen LogP contribution is -2.46. The SMILES string of the molecule is CC1CCCN1C1CCN(c2cnn(Cc3ccccc3)c(=O)c2Cl)CC1. The highest BCUT2D eigenvalue weighted by molar-refractivity contribution is 6.33. The molecule has 1 aromatic heterocycles. The molecule has 2 saturated heterocycles. The third-order valence-electron chi connectivity index (χ3n) is 6.02. The highest BCUT2D eigenvalue weighted by Crippen LogP contribution is 2.29. The van der Waals surface area contributed by atoms with E-state index in [1.165, 1.54) is 24.1 Å². The zero-order chi connectivity index (χ0) is 18.8. The predicted octanol–water partition coefficient (Wildman–Crippen LogP) is 3.40. The molecule has 0 saturated carbocycles. The molecular weight excluding hydrogens is 360 g/mol. The Balaban J connectivity index is 1.45. The van der Waals surface area contributed by atoms with Gasteiger partial charge in [-0.3, -0.25) is 9.69 Å². The van der Waals surface area contributed by atoms with E-state index in [4.69, 9.17) is 11.6 Å². The van der Waals surface area contributed by atoms with Crippen molar-refractivity contribution < 1.29 is 0 Å². The van der Waals surface area contributed by atoms with E-state index in [2.05, 4.69) is 21.8 Å². The van der Waals surface area contributed by atoms with Crippen LogP contribution in [-0.4, -0.2) is 46.4 Å². The van der Waals surface area contributed by atoms with Crippen molar-refractivity contribution in [3.8, 4) is 0 Å². The van der Waals surface area contributed by atoms with Gasteiger partial charge in [0.15, 0.2) is 0 Å². The molecule has 6 heteroatoms. The van der Waals surface area contributed by atoms with Crippen molar-refractivity contribution in [1.82, 2.24) is 14.7 Å². The van der Waals surface area contributed by atoms with E-state index in [1.807, 2.05) is 30.3 Å². The maximum atomic E-state index is 12.7. The fraction of sp³-hybridized carbons (Fsp3) is 0.524. The van der Waals surface area contributed by atoms with Crippen LogP contribution in [-0.2, 0) is 6.54 Å². The van der Waals surface area contributed by atoms with Crippen molar-refractivity contribution in [1.29, 1.82) is 0 Å². The Labute approximate surface area is 165 Å². The van der Waals surface area contributed by atoms with E-state index in [-0.39, 0.29) is 10.6 Å². The van der Waals surface area contributed by atoms with Crippen LogP contribution in [0, 0.1) is 0 Å². The van der Waals surface area contributed by atoms with Crippen LogP contribution in [0.2, 0.25) is 5.02 Å². The molecule has 0 bridgehead atoms. The minimum absolute atomic E-state index is 0.215. The molecule has 0 aliphatic carbocycles. The largest absolute Gasteiger partial charge is 0.369 e. The van der Waals surface area contributed by atoms with Gasteiger partial charge in [0.1, 0.15) is 5.02 Å². The third-order valence-corrected chi connectivity index (χ3v) is 6.38. The number of halogens is 1. The molecule has 1 atom stereocenters. The van der Waals surface area contributed by atoms with Gasteiger partial charge in [0, 0.05) is 25.2 Å². The standard InChI is InChI=1S/C21H27ClN4O/c1-16-6-5-11-25(16)18-9-12-24(13-10-18)19-14-23-26(21(27)20(19)22)15-17-7-3-2-4-8-17/h2-4,7-8,14,16,18H,5-6,9-13,15H2,1H3. The number of nitrogens with zero attached hydrogens (tertiary/aromatic N) is 4. The van der Waals surface area contributed by atoms with E-state index in [1.54, 1.807) is 6.20 Å². The lowest BCUT2D eigenvalue weighted by atomic mass is 10.0. The highest BCUT2D eigenvalue weighted by atomic mass is 35.5. The Morgan fingerprint density at radius 3 is 2.52 bits per heavy atom. The Bertz CT molecular complexity index is 830. The number of aromatic nitrogens is 2. The maximum Gasteiger partial charge on any atom is 0.287 e. The van der Waals surface area contributed by atoms with Gasteiger partial charge < -0.3 is 4.90 Å². The first-order valence-electron chi connectivity index (χ1n) is 9.93. The van der Waals surface area contributed by atoms with Gasteiger partial charge in [-0.25, -0.2) is 4.68 Å². The first-order valence-corrected chi connectivity index (χ1v) is 10.3. The number of hydrogen-bond donors (Lipinski definition) is 0. The van der Waals surface area contributed by atoms with Crippen LogP contribution in [0.15, 0.2) is 41.3 Å². The van der Waals surface area contributed by atoms with E-state index >= 15 is 0 Å².